The van der Waals surface area contributed by atoms with Crippen molar-refractivity contribution in [3.05, 3.63) is 88.5 Å². The van der Waals surface area contributed by atoms with Gasteiger partial charge in [0.1, 0.15) is 34.9 Å². The minimum absolute atomic E-state index is 0.0944. The SMILES string of the molecule is CC1COCC(c2ccc(-c3cc(F)c(C(F)(F)Oc4cc(F)c(F)c(F)c4)c(F)c3)c(F)c2)OC1. The summed E-state index contributed by atoms with van der Waals surface area (Å²) in [6.07, 6.45) is -5.31. The molecule has 192 valence electrons. The quantitative estimate of drug-likeness (QED) is 0.268. The summed E-state index contributed by atoms with van der Waals surface area (Å²) in [5, 5.41) is 0. The van der Waals surface area contributed by atoms with Crippen LogP contribution in [0.5, 0.6) is 5.75 Å². The molecule has 0 bridgehead atoms. The zero-order valence-corrected chi connectivity index (χ0v) is 18.6. The molecule has 0 aliphatic carbocycles. The van der Waals surface area contributed by atoms with E-state index < -0.39 is 58.4 Å². The molecule has 3 nitrogen and oxygen atoms in total. The summed E-state index contributed by atoms with van der Waals surface area (Å²) >= 11 is 0. The second-order valence-corrected chi connectivity index (χ2v) is 8.34. The molecule has 0 amide bonds. The first-order chi connectivity index (χ1) is 17.0. The van der Waals surface area contributed by atoms with Gasteiger partial charge < -0.3 is 14.2 Å². The molecule has 0 spiro atoms. The highest BCUT2D eigenvalue weighted by molar-refractivity contribution is 5.65. The largest absolute Gasteiger partial charge is 0.432 e. The van der Waals surface area contributed by atoms with E-state index in [0.29, 0.717) is 30.9 Å². The Kier molecular flexibility index (Phi) is 7.24. The monoisotopic (exact) mass is 518 g/mol. The topological polar surface area (TPSA) is 27.7 Å². The second kappa shape index (κ2) is 10.1. The van der Waals surface area contributed by atoms with Gasteiger partial charge in [0.2, 0.25) is 0 Å². The van der Waals surface area contributed by atoms with Crippen LogP contribution in [0.1, 0.15) is 24.2 Å². The number of rotatable bonds is 5. The van der Waals surface area contributed by atoms with Crippen LogP contribution in [-0.2, 0) is 15.6 Å². The van der Waals surface area contributed by atoms with Crippen molar-refractivity contribution >= 4 is 0 Å². The summed E-state index contributed by atoms with van der Waals surface area (Å²) in [6.45, 7) is 2.96. The van der Waals surface area contributed by atoms with Crippen molar-refractivity contribution in [1.29, 1.82) is 0 Å². The summed E-state index contributed by atoms with van der Waals surface area (Å²) < 4.78 is 128. The van der Waals surface area contributed by atoms with Gasteiger partial charge in [0.15, 0.2) is 17.5 Å². The standard InChI is InChI=1S/C25H18F8O3/c1-12-9-34-11-22(35-10-12)13-2-3-16(17(26)4-13)14-5-18(27)23(19(28)6-14)25(32,33)36-15-7-20(29)24(31)21(30)8-15/h2-8,12,22H,9-11H2,1H3. The van der Waals surface area contributed by atoms with E-state index in [0.717, 1.165) is 6.07 Å². The third kappa shape index (κ3) is 5.31. The van der Waals surface area contributed by atoms with Crippen LogP contribution in [0.4, 0.5) is 35.1 Å². The lowest BCUT2D eigenvalue weighted by atomic mass is 9.99. The molecule has 4 rings (SSSR count). The number of ether oxygens (including phenoxy) is 3. The highest BCUT2D eigenvalue weighted by atomic mass is 19.3. The normalized spacial score (nSPS) is 18.7. The molecular formula is C25H18F8O3. The molecule has 0 radical (unpaired) electrons. The summed E-state index contributed by atoms with van der Waals surface area (Å²) in [5.41, 5.74) is -2.13. The van der Waals surface area contributed by atoms with E-state index in [1.165, 1.54) is 12.1 Å². The average molecular weight is 518 g/mol. The zero-order chi connectivity index (χ0) is 26.2. The first-order valence-electron chi connectivity index (χ1n) is 10.7. The molecule has 2 atom stereocenters. The Labute approximate surface area is 200 Å². The van der Waals surface area contributed by atoms with Gasteiger partial charge in [-0.25, -0.2) is 26.3 Å². The Morgan fingerprint density at radius 1 is 0.778 bits per heavy atom. The van der Waals surface area contributed by atoms with Crippen LogP contribution in [0.3, 0.4) is 0 Å². The lowest BCUT2D eigenvalue weighted by molar-refractivity contribution is -0.189. The average Bonchev–Trinajstić information content (AvgIpc) is 3.00. The Balaban J connectivity index is 1.62. The van der Waals surface area contributed by atoms with E-state index in [1.807, 2.05) is 6.92 Å². The highest BCUT2D eigenvalue weighted by Gasteiger charge is 2.41. The third-order valence-electron chi connectivity index (χ3n) is 5.47. The van der Waals surface area contributed by atoms with Crippen molar-refractivity contribution in [2.24, 2.45) is 5.92 Å². The number of benzene rings is 3. The fourth-order valence-electron chi connectivity index (χ4n) is 3.71. The minimum atomic E-state index is -4.75. The van der Waals surface area contributed by atoms with Crippen molar-refractivity contribution in [1.82, 2.24) is 0 Å². The highest BCUT2D eigenvalue weighted by Crippen LogP contribution is 2.38. The molecule has 2 unspecified atom stereocenters. The lowest BCUT2D eigenvalue weighted by Gasteiger charge is -2.20. The predicted molar refractivity (Wildman–Crippen MR) is 111 cm³/mol. The lowest BCUT2D eigenvalue weighted by Crippen LogP contribution is -2.25. The Morgan fingerprint density at radius 2 is 1.42 bits per heavy atom. The fraction of sp³-hybridized carbons (Fsp3) is 0.280. The van der Waals surface area contributed by atoms with Crippen LogP contribution in [0.15, 0.2) is 42.5 Å². The molecule has 0 aromatic heterocycles. The molecule has 1 fully saturated rings. The van der Waals surface area contributed by atoms with Gasteiger partial charge in [0, 0.05) is 23.6 Å². The Morgan fingerprint density at radius 3 is 2.03 bits per heavy atom. The van der Waals surface area contributed by atoms with Crippen LogP contribution in [-0.4, -0.2) is 19.8 Å². The summed E-state index contributed by atoms with van der Waals surface area (Å²) in [7, 11) is 0. The Bertz CT molecular complexity index is 1230. The second-order valence-electron chi connectivity index (χ2n) is 8.34. The van der Waals surface area contributed by atoms with Gasteiger partial charge in [-0.2, -0.15) is 8.78 Å². The molecule has 1 aliphatic rings. The van der Waals surface area contributed by atoms with Crippen LogP contribution in [0.2, 0.25) is 0 Å². The molecule has 1 aliphatic heterocycles. The summed E-state index contributed by atoms with van der Waals surface area (Å²) in [5.74, 6) is -11.2. The van der Waals surface area contributed by atoms with Crippen LogP contribution >= 0.6 is 0 Å². The Hall–Kier alpha value is -3.18. The van der Waals surface area contributed by atoms with Gasteiger partial charge in [-0.15, -0.1) is 0 Å². The number of hydrogen-bond donors (Lipinski definition) is 0. The van der Waals surface area contributed by atoms with Gasteiger partial charge in [-0.05, 0) is 29.3 Å². The van der Waals surface area contributed by atoms with Crippen LogP contribution in [0, 0.1) is 40.8 Å². The molecule has 0 saturated carbocycles. The van der Waals surface area contributed by atoms with E-state index in [1.54, 1.807) is 0 Å². The molecule has 3 aromatic carbocycles. The smallest absolute Gasteiger partial charge is 0.429 e. The molecule has 0 N–H and O–H groups in total. The van der Waals surface area contributed by atoms with Crippen LogP contribution < -0.4 is 4.74 Å². The molecule has 1 saturated heterocycles. The molecule has 11 heteroatoms. The maximum absolute atomic E-state index is 14.8. The van der Waals surface area contributed by atoms with Gasteiger partial charge in [0.25, 0.3) is 0 Å². The van der Waals surface area contributed by atoms with E-state index in [2.05, 4.69) is 4.74 Å². The van der Waals surface area contributed by atoms with E-state index >= 15 is 0 Å². The maximum Gasteiger partial charge on any atom is 0.432 e. The van der Waals surface area contributed by atoms with Crippen molar-refractivity contribution in [3.8, 4) is 16.9 Å². The number of alkyl halides is 2. The molecule has 1 heterocycles. The van der Waals surface area contributed by atoms with Crippen molar-refractivity contribution in [2.75, 3.05) is 19.8 Å². The van der Waals surface area contributed by atoms with E-state index in [9.17, 15) is 35.1 Å². The van der Waals surface area contributed by atoms with E-state index in [4.69, 9.17) is 9.47 Å². The number of hydrogen-bond acceptors (Lipinski definition) is 3. The van der Waals surface area contributed by atoms with Crippen molar-refractivity contribution in [2.45, 2.75) is 19.1 Å². The number of halogens is 8. The molecular weight excluding hydrogens is 500 g/mol. The summed E-state index contributed by atoms with van der Waals surface area (Å²) in [6, 6.07) is 4.89. The first-order valence-corrected chi connectivity index (χ1v) is 10.7. The van der Waals surface area contributed by atoms with Crippen molar-refractivity contribution < 1.29 is 49.3 Å². The van der Waals surface area contributed by atoms with Crippen molar-refractivity contribution in [3.63, 3.8) is 0 Å². The predicted octanol–water partition coefficient (Wildman–Crippen LogP) is 7.04. The van der Waals surface area contributed by atoms with E-state index in [-0.39, 0.29) is 35.8 Å². The third-order valence-corrected chi connectivity index (χ3v) is 5.47. The van der Waals surface area contributed by atoms with Gasteiger partial charge >= 0.3 is 6.11 Å². The maximum atomic E-state index is 14.8. The fourth-order valence-corrected chi connectivity index (χ4v) is 3.71. The molecule has 3 aromatic rings. The summed E-state index contributed by atoms with van der Waals surface area (Å²) in [4.78, 5) is 0. The van der Waals surface area contributed by atoms with Crippen LogP contribution in [0.25, 0.3) is 11.1 Å². The first kappa shape index (κ1) is 25.9. The minimum Gasteiger partial charge on any atom is -0.429 e. The molecule has 36 heavy (non-hydrogen) atoms. The zero-order valence-electron chi connectivity index (χ0n) is 18.6. The van der Waals surface area contributed by atoms with Gasteiger partial charge in [-0.3, -0.25) is 0 Å². The van der Waals surface area contributed by atoms with Gasteiger partial charge in [0.05, 0.1) is 19.8 Å². The van der Waals surface area contributed by atoms with Gasteiger partial charge in [-0.1, -0.05) is 19.1 Å².